The first kappa shape index (κ1) is 13.6. The van der Waals surface area contributed by atoms with Crippen LogP contribution in [0.5, 0.6) is 0 Å². The van der Waals surface area contributed by atoms with Crippen LogP contribution in [0.2, 0.25) is 5.15 Å². The number of aromatic nitrogens is 4. The van der Waals surface area contributed by atoms with Crippen LogP contribution in [-0.4, -0.2) is 19.5 Å². The molecule has 0 aliphatic rings. The zero-order valence-electron chi connectivity index (χ0n) is 11.7. The lowest BCUT2D eigenvalue weighted by atomic mass is 10.2. The summed E-state index contributed by atoms with van der Waals surface area (Å²) in [4.78, 5) is 12.6. The summed E-state index contributed by atoms with van der Waals surface area (Å²) in [6.07, 6.45) is 3.77. The predicted molar refractivity (Wildman–Crippen MR) is 83.4 cm³/mol. The number of aryl methyl sites for hydroxylation is 2. The van der Waals surface area contributed by atoms with Gasteiger partial charge in [0.05, 0.1) is 12.0 Å². The summed E-state index contributed by atoms with van der Waals surface area (Å²) < 4.78 is 1.97. The van der Waals surface area contributed by atoms with Crippen molar-refractivity contribution in [2.75, 3.05) is 5.32 Å². The molecule has 0 saturated carbocycles. The van der Waals surface area contributed by atoms with E-state index in [-0.39, 0.29) is 0 Å². The van der Waals surface area contributed by atoms with Gasteiger partial charge in [-0.25, -0.2) is 15.0 Å². The molecular weight excluding hydrogens is 286 g/mol. The van der Waals surface area contributed by atoms with Gasteiger partial charge in [-0.1, -0.05) is 17.7 Å². The fourth-order valence-corrected chi connectivity index (χ4v) is 2.28. The van der Waals surface area contributed by atoms with Gasteiger partial charge in [0.2, 0.25) is 0 Å². The highest BCUT2D eigenvalue weighted by Gasteiger charge is 2.03. The first-order chi connectivity index (χ1) is 10.1. The maximum absolute atomic E-state index is 5.94. The lowest BCUT2D eigenvalue weighted by Crippen LogP contribution is -1.98. The minimum absolute atomic E-state index is 0.423. The molecule has 21 heavy (non-hydrogen) atoms. The summed E-state index contributed by atoms with van der Waals surface area (Å²) in [5.41, 5.74) is 2.93. The van der Waals surface area contributed by atoms with Crippen molar-refractivity contribution in [3.8, 4) is 5.69 Å². The Bertz CT molecular complexity index is 761. The fourth-order valence-electron chi connectivity index (χ4n) is 2.05. The number of benzene rings is 1. The molecule has 3 aromatic rings. The molecule has 0 unspecified atom stereocenters. The van der Waals surface area contributed by atoms with Gasteiger partial charge >= 0.3 is 0 Å². The van der Waals surface area contributed by atoms with Crippen LogP contribution < -0.4 is 5.32 Å². The van der Waals surface area contributed by atoms with Gasteiger partial charge in [0.1, 0.15) is 16.8 Å². The third-order valence-electron chi connectivity index (χ3n) is 2.94. The van der Waals surface area contributed by atoms with Crippen LogP contribution >= 0.6 is 11.6 Å². The molecule has 0 aliphatic heterocycles. The van der Waals surface area contributed by atoms with Crippen LogP contribution in [0.1, 0.15) is 11.5 Å². The third kappa shape index (κ3) is 3.20. The highest BCUT2D eigenvalue weighted by molar-refractivity contribution is 6.29. The van der Waals surface area contributed by atoms with Gasteiger partial charge < -0.3 is 9.88 Å². The Morgan fingerprint density at radius 1 is 1.14 bits per heavy atom. The van der Waals surface area contributed by atoms with Crippen molar-refractivity contribution in [1.29, 1.82) is 0 Å². The molecule has 0 radical (unpaired) electrons. The van der Waals surface area contributed by atoms with Gasteiger partial charge in [-0.15, -0.1) is 0 Å². The van der Waals surface area contributed by atoms with Crippen LogP contribution in [0.15, 0.2) is 42.9 Å². The number of rotatable bonds is 3. The SMILES string of the molecule is Cc1cn(-c2cccc(Nc3cc(Cl)nc(C)n3)c2)cn1. The zero-order chi connectivity index (χ0) is 14.8. The van der Waals surface area contributed by atoms with Gasteiger partial charge in [-0.05, 0) is 32.0 Å². The second kappa shape index (κ2) is 5.54. The second-order valence-corrected chi connectivity index (χ2v) is 5.11. The number of nitrogens with zero attached hydrogens (tertiary/aromatic N) is 4. The lowest BCUT2D eigenvalue weighted by molar-refractivity contribution is 1.05. The number of hydrogen-bond acceptors (Lipinski definition) is 4. The lowest BCUT2D eigenvalue weighted by Gasteiger charge is -2.09. The van der Waals surface area contributed by atoms with Crippen molar-refractivity contribution < 1.29 is 0 Å². The number of hydrogen-bond donors (Lipinski definition) is 1. The maximum Gasteiger partial charge on any atom is 0.135 e. The molecule has 3 rings (SSSR count). The standard InChI is InChI=1S/C15H14ClN5/c1-10-8-21(9-17-10)13-5-3-4-12(6-13)20-15-7-14(16)18-11(2)19-15/h3-9H,1-2H3,(H,18,19,20). The van der Waals surface area contributed by atoms with Crippen molar-refractivity contribution in [2.45, 2.75) is 13.8 Å². The molecule has 106 valence electrons. The molecule has 5 nitrogen and oxygen atoms in total. The maximum atomic E-state index is 5.94. The molecule has 2 aromatic heterocycles. The Morgan fingerprint density at radius 2 is 2.00 bits per heavy atom. The summed E-state index contributed by atoms with van der Waals surface area (Å²) in [5, 5.41) is 3.66. The quantitative estimate of drug-likeness (QED) is 0.750. The van der Waals surface area contributed by atoms with E-state index < -0.39 is 0 Å². The minimum atomic E-state index is 0.423. The van der Waals surface area contributed by atoms with Crippen molar-refractivity contribution in [3.05, 3.63) is 59.5 Å². The van der Waals surface area contributed by atoms with Crippen LogP contribution in [0.3, 0.4) is 0 Å². The van der Waals surface area contributed by atoms with Gasteiger partial charge in [0, 0.05) is 23.6 Å². The minimum Gasteiger partial charge on any atom is -0.340 e. The van der Waals surface area contributed by atoms with Crippen LogP contribution in [0.25, 0.3) is 5.69 Å². The number of halogens is 1. The predicted octanol–water partition coefficient (Wildman–Crippen LogP) is 3.68. The molecule has 2 heterocycles. The fraction of sp³-hybridized carbons (Fsp3) is 0.133. The third-order valence-corrected chi connectivity index (χ3v) is 3.13. The molecule has 1 aromatic carbocycles. The van der Waals surface area contributed by atoms with E-state index >= 15 is 0 Å². The smallest absolute Gasteiger partial charge is 0.135 e. The summed E-state index contributed by atoms with van der Waals surface area (Å²) in [5.74, 6) is 1.30. The number of imidazole rings is 1. The summed E-state index contributed by atoms with van der Waals surface area (Å²) in [7, 11) is 0. The number of nitrogens with one attached hydrogen (secondary N) is 1. The van der Waals surface area contributed by atoms with Crippen molar-refractivity contribution in [3.63, 3.8) is 0 Å². The largest absolute Gasteiger partial charge is 0.340 e. The van der Waals surface area contributed by atoms with E-state index in [0.29, 0.717) is 16.8 Å². The van der Waals surface area contributed by atoms with Crippen LogP contribution in [0, 0.1) is 13.8 Å². The molecule has 0 fully saturated rings. The normalized spacial score (nSPS) is 10.6. The van der Waals surface area contributed by atoms with Gasteiger partial charge in [-0.2, -0.15) is 0 Å². The topological polar surface area (TPSA) is 55.6 Å². The monoisotopic (exact) mass is 299 g/mol. The first-order valence-corrected chi connectivity index (χ1v) is 6.87. The van der Waals surface area contributed by atoms with Crippen LogP contribution in [0.4, 0.5) is 11.5 Å². The van der Waals surface area contributed by atoms with Crippen LogP contribution in [-0.2, 0) is 0 Å². The summed E-state index contributed by atoms with van der Waals surface area (Å²) >= 11 is 5.94. The molecule has 0 atom stereocenters. The second-order valence-electron chi connectivity index (χ2n) is 4.72. The van der Waals surface area contributed by atoms with Gasteiger partial charge in [0.25, 0.3) is 0 Å². The number of anilines is 2. The van der Waals surface area contributed by atoms with Gasteiger partial charge in [0.15, 0.2) is 0 Å². The molecule has 0 saturated heterocycles. The Hall–Kier alpha value is -2.40. The molecule has 6 heteroatoms. The highest BCUT2D eigenvalue weighted by atomic mass is 35.5. The average molecular weight is 300 g/mol. The molecule has 0 bridgehead atoms. The molecule has 0 aliphatic carbocycles. The Kier molecular flexibility index (Phi) is 3.58. The Balaban J connectivity index is 1.89. The molecule has 0 amide bonds. The molecule has 0 spiro atoms. The highest BCUT2D eigenvalue weighted by Crippen LogP contribution is 2.20. The molecular formula is C15H14ClN5. The van der Waals surface area contributed by atoms with E-state index in [1.54, 1.807) is 12.4 Å². The zero-order valence-corrected chi connectivity index (χ0v) is 12.5. The average Bonchev–Trinajstić information content (AvgIpc) is 2.84. The summed E-state index contributed by atoms with van der Waals surface area (Å²) in [6.45, 7) is 3.77. The van der Waals surface area contributed by atoms with E-state index in [4.69, 9.17) is 11.6 Å². The first-order valence-electron chi connectivity index (χ1n) is 6.49. The van der Waals surface area contributed by atoms with E-state index in [2.05, 4.69) is 20.3 Å². The van der Waals surface area contributed by atoms with E-state index in [1.807, 2.05) is 48.9 Å². The van der Waals surface area contributed by atoms with E-state index in [0.717, 1.165) is 17.1 Å². The van der Waals surface area contributed by atoms with Crippen molar-refractivity contribution >= 4 is 23.1 Å². The Labute approximate surface area is 127 Å². The van der Waals surface area contributed by atoms with E-state index in [1.165, 1.54) is 0 Å². The van der Waals surface area contributed by atoms with Crippen molar-refractivity contribution in [1.82, 2.24) is 19.5 Å². The van der Waals surface area contributed by atoms with Crippen molar-refractivity contribution in [2.24, 2.45) is 0 Å². The Morgan fingerprint density at radius 3 is 2.71 bits per heavy atom. The van der Waals surface area contributed by atoms with E-state index in [9.17, 15) is 0 Å². The molecule has 1 N–H and O–H groups in total. The summed E-state index contributed by atoms with van der Waals surface area (Å²) in [6, 6.07) is 9.68. The van der Waals surface area contributed by atoms with Gasteiger partial charge in [-0.3, -0.25) is 0 Å².